The van der Waals surface area contributed by atoms with Crippen LogP contribution in [0.3, 0.4) is 0 Å². The van der Waals surface area contributed by atoms with Gasteiger partial charge in [-0.2, -0.15) is 5.10 Å². The Hall–Kier alpha value is -2.05. The van der Waals surface area contributed by atoms with Crippen LogP contribution in [0.25, 0.3) is 0 Å². The Balaban J connectivity index is 2.72. The van der Waals surface area contributed by atoms with Gasteiger partial charge in [0.2, 0.25) is 0 Å². The van der Waals surface area contributed by atoms with Crippen LogP contribution in [0.4, 0.5) is 0 Å². The van der Waals surface area contributed by atoms with Crippen molar-refractivity contribution in [1.82, 2.24) is 15.1 Å². The van der Waals surface area contributed by atoms with Crippen molar-refractivity contribution in [2.45, 2.75) is 13.3 Å². The van der Waals surface area contributed by atoms with E-state index in [0.717, 1.165) is 5.69 Å². The summed E-state index contributed by atoms with van der Waals surface area (Å²) < 4.78 is 1.58. The molecule has 0 aliphatic heterocycles. The number of hydrogen-bond donors (Lipinski definition) is 3. The van der Waals surface area contributed by atoms with Gasteiger partial charge in [-0.15, -0.1) is 0 Å². The van der Waals surface area contributed by atoms with Gasteiger partial charge >= 0.3 is 0 Å². The molecule has 0 atom stereocenters. The summed E-state index contributed by atoms with van der Waals surface area (Å²) in [7, 11) is 1.75. The SMILES string of the molecule is CCc1nn(C)cc1C(=O)NC/C(N)=N/O. The Bertz CT molecular complexity index is 410. The summed E-state index contributed by atoms with van der Waals surface area (Å²) in [4.78, 5) is 11.7. The first-order valence-electron chi connectivity index (χ1n) is 4.85. The highest BCUT2D eigenvalue weighted by Gasteiger charge is 2.13. The molecule has 1 amide bonds. The number of aryl methyl sites for hydroxylation is 2. The van der Waals surface area contributed by atoms with Crippen molar-refractivity contribution in [2.75, 3.05) is 6.54 Å². The minimum atomic E-state index is -0.281. The molecule has 7 heteroatoms. The highest BCUT2D eigenvalue weighted by Crippen LogP contribution is 2.06. The second-order valence-electron chi connectivity index (χ2n) is 3.29. The lowest BCUT2D eigenvalue weighted by atomic mass is 10.2. The van der Waals surface area contributed by atoms with Crippen molar-refractivity contribution in [1.29, 1.82) is 0 Å². The molecule has 88 valence electrons. The molecule has 0 aromatic carbocycles. The van der Waals surface area contributed by atoms with Crippen molar-refractivity contribution in [3.05, 3.63) is 17.5 Å². The Morgan fingerprint density at radius 1 is 1.75 bits per heavy atom. The summed E-state index contributed by atoms with van der Waals surface area (Å²) in [5.41, 5.74) is 6.47. The molecule has 4 N–H and O–H groups in total. The number of aromatic nitrogens is 2. The number of nitrogens with two attached hydrogens (primary N) is 1. The number of hydrogen-bond acceptors (Lipinski definition) is 4. The zero-order valence-corrected chi connectivity index (χ0v) is 9.27. The van der Waals surface area contributed by atoms with E-state index < -0.39 is 0 Å². The van der Waals surface area contributed by atoms with E-state index in [1.165, 1.54) is 0 Å². The third kappa shape index (κ3) is 2.72. The van der Waals surface area contributed by atoms with Crippen LogP contribution in [0, 0.1) is 0 Å². The maximum absolute atomic E-state index is 11.7. The van der Waals surface area contributed by atoms with E-state index in [1.54, 1.807) is 17.9 Å². The van der Waals surface area contributed by atoms with Gasteiger partial charge in [0.15, 0.2) is 5.84 Å². The van der Waals surface area contributed by atoms with Crippen molar-refractivity contribution in [3.8, 4) is 0 Å². The Kier molecular flexibility index (Phi) is 3.87. The lowest BCUT2D eigenvalue weighted by molar-refractivity contribution is 0.0958. The van der Waals surface area contributed by atoms with Gasteiger partial charge < -0.3 is 16.3 Å². The lowest BCUT2D eigenvalue weighted by Gasteiger charge is -2.02. The maximum atomic E-state index is 11.7. The summed E-state index contributed by atoms with van der Waals surface area (Å²) in [6, 6.07) is 0. The Morgan fingerprint density at radius 3 is 3.00 bits per heavy atom. The largest absolute Gasteiger partial charge is 0.409 e. The maximum Gasteiger partial charge on any atom is 0.255 e. The van der Waals surface area contributed by atoms with Crippen molar-refractivity contribution < 1.29 is 10.0 Å². The van der Waals surface area contributed by atoms with Gasteiger partial charge in [0.25, 0.3) is 5.91 Å². The minimum absolute atomic E-state index is 0.00732. The molecular weight excluding hydrogens is 210 g/mol. The molecule has 0 bridgehead atoms. The van der Waals surface area contributed by atoms with Gasteiger partial charge in [0.05, 0.1) is 17.8 Å². The van der Waals surface area contributed by atoms with Gasteiger partial charge in [-0.25, -0.2) is 0 Å². The third-order valence-corrected chi connectivity index (χ3v) is 2.04. The smallest absolute Gasteiger partial charge is 0.255 e. The van der Waals surface area contributed by atoms with Crippen molar-refractivity contribution >= 4 is 11.7 Å². The van der Waals surface area contributed by atoms with Crippen molar-refractivity contribution in [2.24, 2.45) is 17.9 Å². The molecule has 0 radical (unpaired) electrons. The predicted octanol–water partition coefficient (Wildman–Crippen LogP) is -0.541. The standard InChI is InChI=1S/C9H15N5O2/c1-3-7-6(5-14(2)12-7)9(15)11-4-8(10)13-16/h5,16H,3-4H2,1-2H3,(H2,10,13)(H,11,15). The molecule has 7 nitrogen and oxygen atoms in total. The summed E-state index contributed by atoms with van der Waals surface area (Å²) in [6.07, 6.45) is 2.31. The second kappa shape index (κ2) is 5.15. The topological polar surface area (TPSA) is 106 Å². The summed E-state index contributed by atoms with van der Waals surface area (Å²) in [5, 5.41) is 17.8. The number of rotatable bonds is 4. The Labute approximate surface area is 92.9 Å². The predicted molar refractivity (Wildman–Crippen MR) is 58.3 cm³/mol. The quantitative estimate of drug-likeness (QED) is 0.277. The van der Waals surface area contributed by atoms with Crippen LogP contribution in [0.15, 0.2) is 11.4 Å². The molecule has 0 aliphatic rings. The summed E-state index contributed by atoms with van der Waals surface area (Å²) >= 11 is 0. The van der Waals surface area contributed by atoms with Gasteiger partial charge in [0.1, 0.15) is 0 Å². The zero-order valence-electron chi connectivity index (χ0n) is 9.27. The number of amides is 1. The van der Waals surface area contributed by atoms with E-state index in [9.17, 15) is 4.79 Å². The fraction of sp³-hybridized carbons (Fsp3) is 0.444. The average Bonchev–Trinajstić information content (AvgIpc) is 2.66. The fourth-order valence-corrected chi connectivity index (χ4v) is 1.29. The Morgan fingerprint density at radius 2 is 2.44 bits per heavy atom. The molecule has 16 heavy (non-hydrogen) atoms. The number of amidine groups is 1. The second-order valence-corrected chi connectivity index (χ2v) is 3.29. The molecule has 1 aromatic rings. The van der Waals surface area contributed by atoms with Crippen LogP contribution < -0.4 is 11.1 Å². The average molecular weight is 225 g/mol. The molecule has 0 fully saturated rings. The van der Waals surface area contributed by atoms with E-state index in [-0.39, 0.29) is 18.3 Å². The van der Waals surface area contributed by atoms with Gasteiger partial charge in [-0.05, 0) is 6.42 Å². The van der Waals surface area contributed by atoms with E-state index in [0.29, 0.717) is 12.0 Å². The monoisotopic (exact) mass is 225 g/mol. The number of oxime groups is 1. The number of nitrogens with one attached hydrogen (secondary N) is 1. The lowest BCUT2D eigenvalue weighted by Crippen LogP contribution is -2.33. The number of nitrogens with zero attached hydrogens (tertiary/aromatic N) is 3. The molecule has 1 rings (SSSR count). The van der Waals surface area contributed by atoms with Crippen LogP contribution in [0.2, 0.25) is 0 Å². The number of carbonyl (C=O) groups excluding carboxylic acids is 1. The molecule has 0 saturated carbocycles. The van der Waals surface area contributed by atoms with Gasteiger partial charge in [-0.3, -0.25) is 9.48 Å². The van der Waals surface area contributed by atoms with Crippen LogP contribution in [0.5, 0.6) is 0 Å². The van der Waals surface area contributed by atoms with Crippen LogP contribution in [-0.2, 0) is 13.5 Å². The first-order valence-corrected chi connectivity index (χ1v) is 4.85. The van der Waals surface area contributed by atoms with Crippen LogP contribution in [-0.4, -0.2) is 33.3 Å². The fourth-order valence-electron chi connectivity index (χ4n) is 1.29. The van der Waals surface area contributed by atoms with Crippen LogP contribution in [0.1, 0.15) is 23.0 Å². The van der Waals surface area contributed by atoms with Gasteiger partial charge in [0, 0.05) is 13.2 Å². The summed E-state index contributed by atoms with van der Waals surface area (Å²) in [5.74, 6) is -0.327. The van der Waals surface area contributed by atoms with Crippen LogP contribution >= 0.6 is 0 Å². The molecular formula is C9H15N5O2. The molecule has 0 aliphatic carbocycles. The molecule has 0 saturated heterocycles. The normalized spacial score (nSPS) is 11.5. The molecule has 1 aromatic heterocycles. The van der Waals surface area contributed by atoms with E-state index in [2.05, 4.69) is 15.6 Å². The highest BCUT2D eigenvalue weighted by atomic mass is 16.4. The van der Waals surface area contributed by atoms with Gasteiger partial charge in [-0.1, -0.05) is 12.1 Å². The number of carbonyl (C=O) groups is 1. The van der Waals surface area contributed by atoms with E-state index in [4.69, 9.17) is 10.9 Å². The minimum Gasteiger partial charge on any atom is -0.409 e. The highest BCUT2D eigenvalue weighted by molar-refractivity contribution is 5.97. The molecule has 0 unspecified atom stereocenters. The third-order valence-electron chi connectivity index (χ3n) is 2.04. The molecule has 0 spiro atoms. The molecule has 1 heterocycles. The zero-order chi connectivity index (χ0) is 12.1. The first kappa shape index (κ1) is 12.0. The van der Waals surface area contributed by atoms with Crippen molar-refractivity contribution in [3.63, 3.8) is 0 Å². The van der Waals surface area contributed by atoms with E-state index in [1.807, 2.05) is 6.92 Å². The first-order chi connectivity index (χ1) is 7.58. The summed E-state index contributed by atoms with van der Waals surface area (Å²) in [6.45, 7) is 1.93. The van der Waals surface area contributed by atoms with E-state index >= 15 is 0 Å².